The van der Waals surface area contributed by atoms with Crippen LogP contribution >= 0.6 is 31.9 Å². The fourth-order valence-corrected chi connectivity index (χ4v) is 6.32. The van der Waals surface area contributed by atoms with Gasteiger partial charge in [0.05, 0.1) is 16.6 Å². The standard InChI is InChI=1S/C26H24Br2N2O4S/c27-20-5-1-18(2-6-20)17-25(31)29-22-9-3-19(4-10-22)26(32)30-15-13-24(14-16-30)35(33,34)23-11-7-21(28)8-12-23/h1-12,24H,13-17H2,(H,29,31). The van der Waals surface area contributed by atoms with Crippen LogP contribution in [0.2, 0.25) is 0 Å². The number of halogens is 2. The minimum Gasteiger partial charge on any atom is -0.339 e. The number of sulfone groups is 1. The van der Waals surface area contributed by atoms with Gasteiger partial charge in [0, 0.05) is 33.3 Å². The van der Waals surface area contributed by atoms with Crippen LogP contribution in [-0.4, -0.2) is 43.5 Å². The zero-order valence-corrected chi connectivity index (χ0v) is 22.8. The van der Waals surface area contributed by atoms with Crippen molar-refractivity contribution >= 4 is 59.2 Å². The molecule has 6 nitrogen and oxygen atoms in total. The number of carbonyl (C=O) groups excluding carboxylic acids is 2. The highest BCUT2D eigenvalue weighted by Crippen LogP contribution is 2.26. The number of nitrogens with zero attached hydrogens (tertiary/aromatic N) is 1. The summed E-state index contributed by atoms with van der Waals surface area (Å²) >= 11 is 6.70. The van der Waals surface area contributed by atoms with E-state index in [2.05, 4.69) is 37.2 Å². The van der Waals surface area contributed by atoms with Gasteiger partial charge in [-0.25, -0.2) is 8.42 Å². The number of carbonyl (C=O) groups is 2. The van der Waals surface area contributed by atoms with Crippen molar-refractivity contribution in [3.8, 4) is 0 Å². The van der Waals surface area contributed by atoms with E-state index in [-0.39, 0.29) is 18.2 Å². The van der Waals surface area contributed by atoms with Crippen molar-refractivity contribution in [2.75, 3.05) is 18.4 Å². The number of hydrogen-bond acceptors (Lipinski definition) is 4. The monoisotopic (exact) mass is 618 g/mol. The molecule has 3 aromatic rings. The van der Waals surface area contributed by atoms with Crippen molar-refractivity contribution in [3.05, 3.63) is 92.9 Å². The Bertz CT molecular complexity index is 1300. The lowest BCUT2D eigenvalue weighted by Gasteiger charge is -2.32. The average molecular weight is 620 g/mol. The normalized spacial score (nSPS) is 14.5. The van der Waals surface area contributed by atoms with Crippen LogP contribution in [0.15, 0.2) is 86.6 Å². The second-order valence-corrected chi connectivity index (χ2v) is 12.5. The van der Waals surface area contributed by atoms with E-state index < -0.39 is 15.1 Å². The fourth-order valence-electron chi connectivity index (χ4n) is 4.06. The molecule has 1 heterocycles. The molecular weight excluding hydrogens is 596 g/mol. The average Bonchev–Trinajstić information content (AvgIpc) is 2.86. The summed E-state index contributed by atoms with van der Waals surface area (Å²) in [6.45, 7) is 0.760. The number of likely N-dealkylation sites (tertiary alicyclic amines) is 1. The van der Waals surface area contributed by atoms with Gasteiger partial charge in [0.15, 0.2) is 9.84 Å². The van der Waals surface area contributed by atoms with E-state index in [0.29, 0.717) is 42.1 Å². The van der Waals surface area contributed by atoms with Gasteiger partial charge in [-0.15, -0.1) is 0 Å². The van der Waals surface area contributed by atoms with Crippen LogP contribution in [0.25, 0.3) is 0 Å². The van der Waals surface area contributed by atoms with E-state index in [9.17, 15) is 18.0 Å². The molecule has 0 aliphatic carbocycles. The van der Waals surface area contributed by atoms with E-state index in [0.717, 1.165) is 14.5 Å². The van der Waals surface area contributed by atoms with Gasteiger partial charge in [0.25, 0.3) is 5.91 Å². The summed E-state index contributed by atoms with van der Waals surface area (Å²) in [6, 6.07) is 21.0. The maximum atomic E-state index is 12.9. The van der Waals surface area contributed by atoms with E-state index in [4.69, 9.17) is 0 Å². The lowest BCUT2D eigenvalue weighted by Crippen LogP contribution is -2.42. The molecule has 3 aromatic carbocycles. The highest BCUT2D eigenvalue weighted by molar-refractivity contribution is 9.10. The van der Waals surface area contributed by atoms with Crippen LogP contribution in [0, 0.1) is 0 Å². The van der Waals surface area contributed by atoms with Gasteiger partial charge >= 0.3 is 0 Å². The van der Waals surface area contributed by atoms with E-state index in [1.165, 1.54) is 0 Å². The Labute approximate surface area is 221 Å². The molecule has 1 N–H and O–H groups in total. The van der Waals surface area contributed by atoms with Gasteiger partial charge in [-0.05, 0) is 79.1 Å². The molecule has 35 heavy (non-hydrogen) atoms. The van der Waals surface area contributed by atoms with Gasteiger partial charge in [0.1, 0.15) is 0 Å². The minimum absolute atomic E-state index is 0.138. The minimum atomic E-state index is -3.44. The summed E-state index contributed by atoms with van der Waals surface area (Å²) in [5.41, 5.74) is 2.02. The largest absolute Gasteiger partial charge is 0.339 e. The third-order valence-corrected chi connectivity index (χ3v) is 9.34. The Morgan fingerprint density at radius 1 is 0.829 bits per heavy atom. The quantitative estimate of drug-likeness (QED) is 0.397. The molecule has 4 rings (SSSR count). The summed E-state index contributed by atoms with van der Waals surface area (Å²) in [5.74, 6) is -0.280. The van der Waals surface area contributed by atoms with Crippen LogP contribution in [0.5, 0.6) is 0 Å². The number of hydrogen-bond donors (Lipinski definition) is 1. The molecule has 0 aromatic heterocycles. The van der Waals surface area contributed by atoms with Crippen LogP contribution in [-0.2, 0) is 21.1 Å². The number of benzene rings is 3. The second kappa shape index (κ2) is 11.1. The van der Waals surface area contributed by atoms with Gasteiger partial charge < -0.3 is 10.2 Å². The molecule has 182 valence electrons. The number of anilines is 1. The Hall–Kier alpha value is -2.49. The molecule has 0 atom stereocenters. The number of piperidine rings is 1. The summed E-state index contributed by atoms with van der Waals surface area (Å²) in [5, 5.41) is 2.34. The van der Waals surface area contributed by atoms with Gasteiger partial charge in [-0.1, -0.05) is 44.0 Å². The molecule has 1 saturated heterocycles. The molecule has 0 unspecified atom stereocenters. The zero-order valence-electron chi connectivity index (χ0n) is 18.8. The Balaban J connectivity index is 1.31. The molecule has 0 spiro atoms. The molecule has 9 heteroatoms. The van der Waals surface area contributed by atoms with Crippen molar-refractivity contribution in [2.24, 2.45) is 0 Å². The first-order valence-corrected chi connectivity index (χ1v) is 14.3. The van der Waals surface area contributed by atoms with Crippen molar-refractivity contribution in [1.29, 1.82) is 0 Å². The first kappa shape index (κ1) is 25.6. The SMILES string of the molecule is O=C(Cc1ccc(Br)cc1)Nc1ccc(C(=O)N2CCC(S(=O)(=O)c3ccc(Br)cc3)CC2)cc1. The summed E-state index contributed by atoms with van der Waals surface area (Å²) in [7, 11) is -3.44. The Morgan fingerprint density at radius 2 is 1.37 bits per heavy atom. The van der Waals surface area contributed by atoms with E-state index in [1.54, 1.807) is 53.4 Å². The van der Waals surface area contributed by atoms with Crippen LogP contribution in [0.4, 0.5) is 5.69 Å². The first-order chi connectivity index (χ1) is 16.7. The smallest absolute Gasteiger partial charge is 0.253 e. The van der Waals surface area contributed by atoms with E-state index >= 15 is 0 Å². The molecular formula is C26H24Br2N2O4S. The van der Waals surface area contributed by atoms with Crippen LogP contribution in [0.3, 0.4) is 0 Å². The predicted molar refractivity (Wildman–Crippen MR) is 143 cm³/mol. The number of amides is 2. The van der Waals surface area contributed by atoms with Crippen molar-refractivity contribution in [1.82, 2.24) is 4.90 Å². The number of rotatable bonds is 6. The van der Waals surface area contributed by atoms with Crippen LogP contribution < -0.4 is 5.32 Å². The number of nitrogens with one attached hydrogen (secondary N) is 1. The van der Waals surface area contributed by atoms with E-state index in [1.807, 2.05) is 24.3 Å². The summed E-state index contributed by atoms with van der Waals surface area (Å²) in [6.07, 6.45) is 1.05. The fraction of sp³-hybridized carbons (Fsp3) is 0.231. The Morgan fingerprint density at radius 3 is 1.94 bits per heavy atom. The van der Waals surface area contributed by atoms with Crippen LogP contribution in [0.1, 0.15) is 28.8 Å². The Kier molecular flexibility index (Phi) is 8.09. The highest BCUT2D eigenvalue weighted by atomic mass is 79.9. The molecule has 2 amide bonds. The predicted octanol–water partition coefficient (Wildman–Crippen LogP) is 5.47. The maximum Gasteiger partial charge on any atom is 0.253 e. The molecule has 0 bridgehead atoms. The molecule has 0 radical (unpaired) electrons. The molecule has 1 aliphatic rings. The van der Waals surface area contributed by atoms with Gasteiger partial charge in [-0.2, -0.15) is 0 Å². The summed E-state index contributed by atoms with van der Waals surface area (Å²) < 4.78 is 27.7. The summed E-state index contributed by atoms with van der Waals surface area (Å²) in [4.78, 5) is 27.3. The highest BCUT2D eigenvalue weighted by Gasteiger charge is 2.33. The van der Waals surface area contributed by atoms with Crippen molar-refractivity contribution < 1.29 is 18.0 Å². The first-order valence-electron chi connectivity index (χ1n) is 11.2. The molecule has 0 saturated carbocycles. The molecule has 1 fully saturated rings. The second-order valence-electron chi connectivity index (χ2n) is 8.42. The van der Waals surface area contributed by atoms with Crippen molar-refractivity contribution in [3.63, 3.8) is 0 Å². The maximum absolute atomic E-state index is 12.9. The topological polar surface area (TPSA) is 83.6 Å². The molecule has 1 aliphatic heterocycles. The van der Waals surface area contributed by atoms with Gasteiger partial charge in [0.2, 0.25) is 5.91 Å². The lowest BCUT2D eigenvalue weighted by molar-refractivity contribution is -0.115. The zero-order chi connectivity index (χ0) is 25.0. The third kappa shape index (κ3) is 6.39. The third-order valence-electron chi connectivity index (χ3n) is 6.00. The van der Waals surface area contributed by atoms with Crippen molar-refractivity contribution in [2.45, 2.75) is 29.4 Å². The lowest BCUT2D eigenvalue weighted by atomic mass is 10.1. The van der Waals surface area contributed by atoms with Gasteiger partial charge in [-0.3, -0.25) is 9.59 Å².